The minimum Gasteiger partial charge on any atom is -0.324 e. The van der Waals surface area contributed by atoms with Crippen LogP contribution in [0.15, 0.2) is 18.2 Å². The van der Waals surface area contributed by atoms with Gasteiger partial charge >= 0.3 is 0 Å². The number of carbonyl (C=O) groups is 1. The van der Waals surface area contributed by atoms with Crippen LogP contribution in [0, 0.1) is 12.8 Å². The highest BCUT2D eigenvalue weighted by atomic mass is 35.5. The summed E-state index contributed by atoms with van der Waals surface area (Å²) in [6.07, 6.45) is 2.49. The van der Waals surface area contributed by atoms with Gasteiger partial charge in [0.05, 0.1) is 6.04 Å². The fourth-order valence-corrected chi connectivity index (χ4v) is 3.33. The summed E-state index contributed by atoms with van der Waals surface area (Å²) < 4.78 is 0. The standard InChI is InChI=1S/C18H28ClN3O/c1-13-7-8-16(19)10-17(13)20-18(23)14(2)22(4)12-15-6-5-9-21(3)11-15/h7-8,10,14-15H,5-6,9,11-12H2,1-4H3,(H,20,23)/t14-,15+/m0/s1. The number of hydrogen-bond acceptors (Lipinski definition) is 3. The summed E-state index contributed by atoms with van der Waals surface area (Å²) in [7, 11) is 4.20. The largest absolute Gasteiger partial charge is 0.324 e. The minimum atomic E-state index is -0.166. The highest BCUT2D eigenvalue weighted by Gasteiger charge is 2.24. The van der Waals surface area contributed by atoms with Gasteiger partial charge in [-0.05, 0) is 70.9 Å². The van der Waals surface area contributed by atoms with Gasteiger partial charge in [0, 0.05) is 23.8 Å². The fourth-order valence-electron chi connectivity index (χ4n) is 3.15. The third-order valence-corrected chi connectivity index (χ3v) is 5.00. The lowest BCUT2D eigenvalue weighted by molar-refractivity contribution is -0.120. The number of hydrogen-bond donors (Lipinski definition) is 1. The van der Waals surface area contributed by atoms with E-state index in [-0.39, 0.29) is 11.9 Å². The first kappa shape index (κ1) is 18.2. The Labute approximate surface area is 144 Å². The van der Waals surface area contributed by atoms with Crippen LogP contribution in [0.3, 0.4) is 0 Å². The maximum Gasteiger partial charge on any atom is 0.241 e. The van der Waals surface area contributed by atoms with Gasteiger partial charge in [-0.25, -0.2) is 0 Å². The van der Waals surface area contributed by atoms with Gasteiger partial charge in [-0.2, -0.15) is 0 Å². The van der Waals surface area contributed by atoms with E-state index >= 15 is 0 Å². The third kappa shape index (κ3) is 5.20. The second-order valence-corrected chi connectivity index (χ2v) is 7.27. The Morgan fingerprint density at radius 3 is 2.96 bits per heavy atom. The molecule has 1 amide bonds. The Balaban J connectivity index is 1.91. The Bertz CT molecular complexity index is 549. The van der Waals surface area contributed by atoms with Gasteiger partial charge in [0.25, 0.3) is 0 Å². The van der Waals surface area contributed by atoms with Gasteiger partial charge in [-0.3, -0.25) is 9.69 Å². The number of likely N-dealkylation sites (tertiary alicyclic amines) is 1. The van der Waals surface area contributed by atoms with Crippen LogP contribution in [-0.2, 0) is 4.79 Å². The van der Waals surface area contributed by atoms with E-state index in [1.807, 2.05) is 33.0 Å². The van der Waals surface area contributed by atoms with Crippen LogP contribution in [0.1, 0.15) is 25.3 Å². The molecule has 4 nitrogen and oxygen atoms in total. The van der Waals surface area contributed by atoms with E-state index in [1.165, 1.54) is 19.4 Å². The number of piperidine rings is 1. The van der Waals surface area contributed by atoms with Gasteiger partial charge in [-0.15, -0.1) is 0 Å². The highest BCUT2D eigenvalue weighted by molar-refractivity contribution is 6.31. The highest BCUT2D eigenvalue weighted by Crippen LogP contribution is 2.21. The molecular formula is C18H28ClN3O. The zero-order valence-corrected chi connectivity index (χ0v) is 15.4. The molecule has 2 rings (SSSR count). The number of anilines is 1. The van der Waals surface area contributed by atoms with Crippen LogP contribution in [0.25, 0.3) is 0 Å². The van der Waals surface area contributed by atoms with E-state index < -0.39 is 0 Å². The summed E-state index contributed by atoms with van der Waals surface area (Å²) in [6, 6.07) is 5.39. The van der Waals surface area contributed by atoms with E-state index in [2.05, 4.69) is 22.2 Å². The molecule has 1 aliphatic rings. The molecule has 1 fully saturated rings. The zero-order chi connectivity index (χ0) is 17.0. The molecule has 1 N–H and O–H groups in total. The first-order valence-electron chi connectivity index (χ1n) is 8.32. The van der Waals surface area contributed by atoms with Crippen molar-refractivity contribution in [3.63, 3.8) is 0 Å². The molecule has 23 heavy (non-hydrogen) atoms. The lowest BCUT2D eigenvalue weighted by Crippen LogP contribution is -2.45. The monoisotopic (exact) mass is 337 g/mol. The normalized spacial score (nSPS) is 20.5. The van der Waals surface area contributed by atoms with Gasteiger partial charge in [0.2, 0.25) is 5.91 Å². The lowest BCUT2D eigenvalue weighted by atomic mass is 9.97. The van der Waals surface area contributed by atoms with Crippen LogP contribution in [-0.4, -0.2) is 55.5 Å². The smallest absolute Gasteiger partial charge is 0.241 e. The average molecular weight is 338 g/mol. The molecule has 0 aliphatic carbocycles. The molecule has 1 heterocycles. The number of benzene rings is 1. The van der Waals surface area contributed by atoms with Crippen LogP contribution in [0.4, 0.5) is 5.69 Å². The number of halogens is 1. The van der Waals surface area contributed by atoms with Crippen molar-refractivity contribution in [1.29, 1.82) is 0 Å². The number of aryl methyl sites for hydroxylation is 1. The molecule has 1 aliphatic heterocycles. The van der Waals surface area contributed by atoms with E-state index in [0.29, 0.717) is 10.9 Å². The van der Waals surface area contributed by atoms with Crippen LogP contribution >= 0.6 is 11.6 Å². The van der Waals surface area contributed by atoms with E-state index in [4.69, 9.17) is 11.6 Å². The van der Waals surface area contributed by atoms with Crippen molar-refractivity contribution in [3.05, 3.63) is 28.8 Å². The summed E-state index contributed by atoms with van der Waals surface area (Å²) in [5.41, 5.74) is 1.81. The molecule has 2 atom stereocenters. The van der Waals surface area contributed by atoms with Crippen molar-refractivity contribution in [3.8, 4) is 0 Å². The SMILES string of the molecule is Cc1ccc(Cl)cc1NC(=O)[C@H](C)N(C)C[C@@H]1CCCN(C)C1. The van der Waals surface area contributed by atoms with Crippen LogP contribution < -0.4 is 5.32 Å². The number of nitrogens with zero attached hydrogens (tertiary/aromatic N) is 2. The summed E-state index contributed by atoms with van der Waals surface area (Å²) in [5, 5.41) is 3.64. The molecule has 128 valence electrons. The predicted octanol–water partition coefficient (Wildman–Crippen LogP) is 3.25. The van der Waals surface area contributed by atoms with E-state index in [9.17, 15) is 4.79 Å². The first-order chi connectivity index (χ1) is 10.9. The van der Waals surface area contributed by atoms with Gasteiger partial charge in [-0.1, -0.05) is 17.7 Å². The second-order valence-electron chi connectivity index (χ2n) is 6.83. The van der Waals surface area contributed by atoms with Crippen molar-refractivity contribution >= 4 is 23.2 Å². The van der Waals surface area contributed by atoms with E-state index in [0.717, 1.165) is 24.3 Å². The number of likely N-dealkylation sites (N-methyl/N-ethyl adjacent to an activating group) is 1. The Hall–Kier alpha value is -1.10. The van der Waals surface area contributed by atoms with Crippen molar-refractivity contribution < 1.29 is 4.79 Å². The first-order valence-corrected chi connectivity index (χ1v) is 8.70. The third-order valence-electron chi connectivity index (χ3n) is 4.77. The fraction of sp³-hybridized carbons (Fsp3) is 0.611. The Kier molecular flexibility index (Phi) is 6.45. The number of nitrogens with one attached hydrogen (secondary N) is 1. The topological polar surface area (TPSA) is 35.6 Å². The molecule has 0 unspecified atom stereocenters. The molecule has 0 saturated carbocycles. The summed E-state index contributed by atoms with van der Waals surface area (Å²) in [6.45, 7) is 7.18. The lowest BCUT2D eigenvalue weighted by Gasteiger charge is -2.34. The Morgan fingerprint density at radius 2 is 2.26 bits per heavy atom. The minimum absolute atomic E-state index is 0.0158. The van der Waals surface area contributed by atoms with E-state index in [1.54, 1.807) is 6.07 Å². The summed E-state index contributed by atoms with van der Waals surface area (Å²) in [4.78, 5) is 17.0. The molecule has 0 aromatic heterocycles. The van der Waals surface area contributed by atoms with Gasteiger partial charge in [0.15, 0.2) is 0 Å². The maximum atomic E-state index is 12.5. The second kappa shape index (κ2) is 8.13. The van der Waals surface area contributed by atoms with Gasteiger partial charge < -0.3 is 10.2 Å². The van der Waals surface area contributed by atoms with Crippen LogP contribution in [0.2, 0.25) is 5.02 Å². The van der Waals surface area contributed by atoms with Crippen molar-refractivity contribution in [1.82, 2.24) is 9.80 Å². The molecule has 1 aromatic carbocycles. The number of carbonyl (C=O) groups excluding carboxylic acids is 1. The molecule has 5 heteroatoms. The quantitative estimate of drug-likeness (QED) is 0.895. The van der Waals surface area contributed by atoms with Crippen molar-refractivity contribution in [2.75, 3.05) is 39.0 Å². The summed E-state index contributed by atoms with van der Waals surface area (Å²) in [5.74, 6) is 0.656. The molecule has 1 aromatic rings. The number of rotatable bonds is 5. The van der Waals surface area contributed by atoms with Crippen LogP contribution in [0.5, 0.6) is 0 Å². The Morgan fingerprint density at radius 1 is 1.52 bits per heavy atom. The zero-order valence-electron chi connectivity index (χ0n) is 14.6. The molecule has 0 bridgehead atoms. The van der Waals surface area contributed by atoms with Crippen molar-refractivity contribution in [2.24, 2.45) is 5.92 Å². The van der Waals surface area contributed by atoms with Gasteiger partial charge in [0.1, 0.15) is 0 Å². The predicted molar refractivity (Wildman–Crippen MR) is 97.1 cm³/mol. The average Bonchev–Trinajstić information content (AvgIpc) is 2.50. The van der Waals surface area contributed by atoms with Crippen molar-refractivity contribution in [2.45, 2.75) is 32.7 Å². The number of amides is 1. The summed E-state index contributed by atoms with van der Waals surface area (Å²) >= 11 is 6.02. The molecular weight excluding hydrogens is 310 g/mol. The maximum absolute atomic E-state index is 12.5. The molecule has 1 saturated heterocycles. The molecule has 0 spiro atoms. The molecule has 0 radical (unpaired) electrons.